The number of rotatable bonds is 7. The molecule has 1 spiro atoms. The van der Waals surface area contributed by atoms with Crippen molar-refractivity contribution in [2.45, 2.75) is 49.5 Å². The molecule has 4 N–H and O–H groups in total. The molecule has 2 saturated heterocycles. The first-order chi connectivity index (χ1) is 25.0. The number of primary amides is 1. The van der Waals surface area contributed by atoms with Gasteiger partial charge in [0.15, 0.2) is 0 Å². The number of fused-ring (bicyclic) bond motifs is 3. The first-order valence-electron chi connectivity index (χ1n) is 17.0. The number of carbonyl (C=O) groups excluding carboxylic acids is 5. The number of morpholine rings is 1. The molecular weight excluding hydrogens is 664 g/mol. The van der Waals surface area contributed by atoms with E-state index in [1.165, 1.54) is 19.2 Å². The van der Waals surface area contributed by atoms with E-state index in [0.717, 1.165) is 10.5 Å². The number of hydrogen-bond donors (Lipinski definition) is 3. The molecule has 52 heavy (non-hydrogen) atoms. The number of imide groups is 1. The van der Waals surface area contributed by atoms with Crippen LogP contribution in [0.25, 0.3) is 0 Å². The first-order valence-corrected chi connectivity index (χ1v) is 17.0. The molecule has 0 unspecified atom stereocenters. The minimum atomic E-state index is -1.96. The van der Waals surface area contributed by atoms with Gasteiger partial charge in [0.05, 0.1) is 30.8 Å². The van der Waals surface area contributed by atoms with Gasteiger partial charge in [-0.3, -0.25) is 19.3 Å². The van der Waals surface area contributed by atoms with Gasteiger partial charge in [-0.2, -0.15) is 0 Å². The molecule has 0 aliphatic carbocycles. The number of aromatic hydroxyl groups is 1. The third-order valence-corrected chi connectivity index (χ3v) is 10.5. The monoisotopic (exact) mass is 702 g/mol. The Morgan fingerprint density at radius 1 is 0.827 bits per heavy atom. The van der Waals surface area contributed by atoms with Crippen molar-refractivity contribution in [3.05, 3.63) is 131 Å². The third-order valence-electron chi connectivity index (χ3n) is 10.5. The summed E-state index contributed by atoms with van der Waals surface area (Å²) in [5.74, 6) is -5.20. The zero-order valence-electron chi connectivity index (χ0n) is 28.7. The van der Waals surface area contributed by atoms with Gasteiger partial charge in [-0.15, -0.1) is 0 Å². The summed E-state index contributed by atoms with van der Waals surface area (Å²) in [5, 5.41) is 13.0. The summed E-state index contributed by atoms with van der Waals surface area (Å²) in [7, 11) is 1.20. The number of anilines is 1. The van der Waals surface area contributed by atoms with Crippen molar-refractivity contribution in [3.63, 3.8) is 0 Å². The van der Waals surface area contributed by atoms with Crippen molar-refractivity contribution < 1.29 is 38.6 Å². The van der Waals surface area contributed by atoms with E-state index >= 15 is 4.79 Å². The molecule has 7 atom stereocenters. The number of phenolic OH excluding ortho intramolecular Hbond substituents is 1. The zero-order chi connectivity index (χ0) is 36.9. The van der Waals surface area contributed by atoms with Gasteiger partial charge >= 0.3 is 18.0 Å². The fourth-order valence-corrected chi connectivity index (χ4v) is 8.37. The number of benzene rings is 4. The van der Waals surface area contributed by atoms with Crippen molar-refractivity contribution in [1.82, 2.24) is 10.2 Å². The molecule has 0 aromatic heterocycles. The molecule has 4 amide bonds. The Hall–Kier alpha value is -6.01. The summed E-state index contributed by atoms with van der Waals surface area (Å²) in [6.45, 7) is 3.45. The van der Waals surface area contributed by atoms with Crippen LogP contribution in [0.3, 0.4) is 0 Å². The molecule has 3 aliphatic rings. The fraction of sp³-hybridized carbons (Fsp3) is 0.275. The van der Waals surface area contributed by atoms with Crippen LogP contribution in [-0.4, -0.2) is 59.0 Å². The number of urea groups is 1. The zero-order valence-corrected chi connectivity index (χ0v) is 28.7. The lowest BCUT2D eigenvalue weighted by molar-refractivity contribution is -0.178. The van der Waals surface area contributed by atoms with E-state index in [-0.39, 0.29) is 11.4 Å². The Bertz CT molecular complexity index is 2040. The van der Waals surface area contributed by atoms with Crippen LogP contribution in [0.1, 0.15) is 54.3 Å². The minimum absolute atomic E-state index is 0.0414. The van der Waals surface area contributed by atoms with Crippen molar-refractivity contribution in [2.75, 3.05) is 12.0 Å². The van der Waals surface area contributed by atoms with E-state index in [0.29, 0.717) is 16.7 Å². The predicted molar refractivity (Wildman–Crippen MR) is 188 cm³/mol. The van der Waals surface area contributed by atoms with Crippen molar-refractivity contribution in [3.8, 4) is 5.75 Å². The number of cyclic esters (lactones) is 1. The van der Waals surface area contributed by atoms with Crippen LogP contribution in [-0.2, 0) is 34.1 Å². The second-order valence-electron chi connectivity index (χ2n) is 13.6. The standard InChI is InChI=1S/C40H38N4O8/c1-22(2)30(36(47)51-3)42-39(50)43-28-17-11-10-16-27(28)40(38(43)49)29(35(41)46)32-37(48)52-33(24-14-8-5-9-15-24)31(23-12-6-4-7-13-23)44(32)34(40)25-18-20-26(45)21-19-25/h4-22,29-34,45H,1-3H3,(H2,41,46)(H,42,50)/t29-,30-,31-,32-,33+,34+,40-/m0/s1. The summed E-state index contributed by atoms with van der Waals surface area (Å²) >= 11 is 0. The van der Waals surface area contributed by atoms with Crippen molar-refractivity contribution >= 4 is 35.5 Å². The molecule has 7 rings (SSSR count). The third kappa shape index (κ3) is 5.20. The van der Waals surface area contributed by atoms with Crippen LogP contribution in [0.4, 0.5) is 10.5 Å². The topological polar surface area (TPSA) is 169 Å². The van der Waals surface area contributed by atoms with Gasteiger partial charge in [0, 0.05) is 0 Å². The number of hydrogen-bond acceptors (Lipinski definition) is 9. The molecule has 4 aromatic carbocycles. The van der Waals surface area contributed by atoms with E-state index in [1.807, 2.05) is 65.6 Å². The van der Waals surface area contributed by atoms with Crippen LogP contribution in [0.5, 0.6) is 5.75 Å². The Morgan fingerprint density at radius 2 is 1.42 bits per heavy atom. The van der Waals surface area contributed by atoms with E-state index in [1.54, 1.807) is 50.2 Å². The highest BCUT2D eigenvalue weighted by Crippen LogP contribution is 2.65. The highest BCUT2D eigenvalue weighted by Gasteiger charge is 2.75. The average Bonchev–Trinajstić information content (AvgIpc) is 3.61. The highest BCUT2D eigenvalue weighted by molar-refractivity contribution is 6.25. The molecule has 266 valence electrons. The van der Waals surface area contributed by atoms with Crippen molar-refractivity contribution in [1.29, 1.82) is 0 Å². The van der Waals surface area contributed by atoms with Gasteiger partial charge in [-0.25, -0.2) is 14.5 Å². The quantitative estimate of drug-likeness (QED) is 0.236. The number of ether oxygens (including phenoxy) is 2. The summed E-state index contributed by atoms with van der Waals surface area (Å²) in [5.41, 5.74) is 6.69. The van der Waals surface area contributed by atoms with Gasteiger partial charge in [0.2, 0.25) is 11.8 Å². The SMILES string of the molecule is COC(=O)[C@@H](NC(=O)N1C(=O)[C@@]2(c3ccccc31)[C@H](C(N)=O)[C@H]1C(=O)O[C@H](c3ccccc3)[C@H](c3ccccc3)N1[C@@H]2c1ccc(O)cc1)C(C)C. The number of nitrogens with zero attached hydrogens (tertiary/aromatic N) is 2. The summed E-state index contributed by atoms with van der Waals surface area (Å²) in [6.07, 6.45) is -0.881. The van der Waals surface area contributed by atoms with Gasteiger partial charge < -0.3 is 25.6 Å². The van der Waals surface area contributed by atoms with Crippen LogP contribution < -0.4 is 16.0 Å². The maximum Gasteiger partial charge on any atom is 0.329 e. The summed E-state index contributed by atoms with van der Waals surface area (Å²) in [6, 6.07) is 26.0. The number of carbonyl (C=O) groups is 5. The number of methoxy groups -OCH3 is 1. The average molecular weight is 703 g/mol. The highest BCUT2D eigenvalue weighted by atomic mass is 16.6. The lowest BCUT2D eigenvalue weighted by Gasteiger charge is -2.46. The molecule has 0 saturated carbocycles. The smallest absolute Gasteiger partial charge is 0.329 e. The van der Waals surface area contributed by atoms with E-state index in [2.05, 4.69) is 5.32 Å². The Kier molecular flexibility index (Phi) is 8.79. The van der Waals surface area contributed by atoms with Gasteiger partial charge in [0.25, 0.3) is 0 Å². The normalized spacial score (nSPS) is 25.7. The molecule has 0 radical (unpaired) electrons. The largest absolute Gasteiger partial charge is 0.508 e. The van der Waals surface area contributed by atoms with E-state index in [9.17, 15) is 24.3 Å². The molecule has 2 fully saturated rings. The fourth-order valence-electron chi connectivity index (χ4n) is 8.37. The summed E-state index contributed by atoms with van der Waals surface area (Å²) in [4.78, 5) is 73.9. The number of nitrogens with one attached hydrogen (secondary N) is 1. The predicted octanol–water partition coefficient (Wildman–Crippen LogP) is 4.45. The minimum Gasteiger partial charge on any atom is -0.508 e. The maximum absolute atomic E-state index is 15.5. The van der Waals surface area contributed by atoms with Gasteiger partial charge in [-0.1, -0.05) is 105 Å². The molecule has 0 bridgehead atoms. The second kappa shape index (κ2) is 13.3. The van der Waals surface area contributed by atoms with Crippen molar-refractivity contribution in [2.24, 2.45) is 17.6 Å². The molecule has 4 aromatic rings. The number of para-hydroxylation sites is 1. The number of phenols is 1. The number of esters is 2. The van der Waals surface area contributed by atoms with Crippen LogP contribution in [0.2, 0.25) is 0 Å². The Morgan fingerprint density at radius 3 is 2.02 bits per heavy atom. The van der Waals surface area contributed by atoms with Gasteiger partial charge in [-0.05, 0) is 46.4 Å². The lowest BCUT2D eigenvalue weighted by atomic mass is 9.65. The molecular formula is C40H38N4O8. The first kappa shape index (κ1) is 34.4. The van der Waals surface area contributed by atoms with Crippen LogP contribution >= 0.6 is 0 Å². The van der Waals surface area contributed by atoms with Gasteiger partial charge in [0.1, 0.15) is 29.4 Å². The maximum atomic E-state index is 15.5. The van der Waals surface area contributed by atoms with Crippen LogP contribution in [0, 0.1) is 11.8 Å². The molecule has 12 heteroatoms. The second-order valence-corrected chi connectivity index (χ2v) is 13.6. The van der Waals surface area contributed by atoms with Crippen LogP contribution in [0.15, 0.2) is 109 Å². The number of amides is 4. The summed E-state index contributed by atoms with van der Waals surface area (Å²) < 4.78 is 11.2. The Labute approximate surface area is 300 Å². The van der Waals surface area contributed by atoms with E-state index in [4.69, 9.17) is 15.2 Å². The molecule has 3 aliphatic heterocycles. The number of nitrogens with two attached hydrogens (primary N) is 1. The lowest BCUT2D eigenvalue weighted by Crippen LogP contribution is -2.57. The Balaban J connectivity index is 1.51. The molecule has 12 nitrogen and oxygen atoms in total. The molecule has 3 heterocycles. The van der Waals surface area contributed by atoms with E-state index < -0.39 is 77.3 Å².